The van der Waals surface area contributed by atoms with Crippen LogP contribution in [0.3, 0.4) is 0 Å². The lowest BCUT2D eigenvalue weighted by atomic mass is 10.0. The maximum absolute atomic E-state index is 12.3. The Labute approximate surface area is 119 Å². The summed E-state index contributed by atoms with van der Waals surface area (Å²) < 4.78 is 32.0. The summed E-state index contributed by atoms with van der Waals surface area (Å²) in [4.78, 5) is 21.2. The van der Waals surface area contributed by atoms with Gasteiger partial charge in [-0.1, -0.05) is 36.4 Å². The van der Waals surface area contributed by atoms with Gasteiger partial charge in [0, 0.05) is 11.6 Å². The van der Waals surface area contributed by atoms with Crippen LogP contribution in [0.2, 0.25) is 0 Å². The second-order valence-corrected chi connectivity index (χ2v) is 5.44. The monoisotopic (exact) mass is 307 g/mol. The molecule has 0 saturated heterocycles. The van der Waals surface area contributed by atoms with Gasteiger partial charge in [-0.2, -0.15) is 8.42 Å². The number of hydrogen-bond acceptors (Lipinski definition) is 5. The number of nitrogens with zero attached hydrogens (tertiary/aromatic N) is 1. The Bertz CT molecular complexity index is 814. The smallest absolute Gasteiger partial charge is 0.289 e. The standard InChI is InChI=1S/C13H9NO6S/c15-12(9-5-2-1-3-6-9)10-7-4-8-11(14(16)17)13(10)21(18,19)20/h1-8H,(H,18,19,20). The Morgan fingerprint density at radius 3 is 2.19 bits per heavy atom. The van der Waals surface area contributed by atoms with Crippen LogP contribution in [-0.4, -0.2) is 23.7 Å². The van der Waals surface area contributed by atoms with Gasteiger partial charge in [0.25, 0.3) is 5.69 Å². The number of ketones is 1. The van der Waals surface area contributed by atoms with Crippen LogP contribution in [0.1, 0.15) is 15.9 Å². The fraction of sp³-hybridized carbons (Fsp3) is 0. The van der Waals surface area contributed by atoms with E-state index in [0.717, 1.165) is 12.1 Å². The SMILES string of the molecule is O=C(c1ccccc1)c1cccc([N+](=O)[O-])c1S(=O)(=O)O. The molecule has 0 aliphatic rings. The summed E-state index contributed by atoms with van der Waals surface area (Å²) in [5, 5.41) is 10.9. The summed E-state index contributed by atoms with van der Waals surface area (Å²) in [5.74, 6) is -0.730. The molecule has 21 heavy (non-hydrogen) atoms. The average molecular weight is 307 g/mol. The Morgan fingerprint density at radius 1 is 1.05 bits per heavy atom. The van der Waals surface area contributed by atoms with Crippen LogP contribution >= 0.6 is 0 Å². The number of benzene rings is 2. The van der Waals surface area contributed by atoms with E-state index in [-0.39, 0.29) is 5.56 Å². The molecular weight excluding hydrogens is 298 g/mol. The minimum atomic E-state index is -4.92. The Hall–Kier alpha value is -2.58. The largest absolute Gasteiger partial charge is 0.302 e. The summed E-state index contributed by atoms with van der Waals surface area (Å²) in [5.41, 5.74) is -1.14. The first kappa shape index (κ1) is 14.8. The molecule has 0 bridgehead atoms. The summed E-state index contributed by atoms with van der Waals surface area (Å²) in [7, 11) is -4.92. The van der Waals surface area contributed by atoms with Crippen molar-refractivity contribution in [2.24, 2.45) is 0 Å². The zero-order valence-corrected chi connectivity index (χ0v) is 11.3. The van der Waals surface area contributed by atoms with E-state index < -0.39 is 37.0 Å². The van der Waals surface area contributed by atoms with Gasteiger partial charge in [0.15, 0.2) is 10.7 Å². The summed E-state index contributed by atoms with van der Waals surface area (Å²) in [6, 6.07) is 10.9. The lowest BCUT2D eigenvalue weighted by molar-refractivity contribution is -0.387. The molecule has 0 aliphatic carbocycles. The molecule has 0 fully saturated rings. The van der Waals surface area contributed by atoms with Gasteiger partial charge in [0.2, 0.25) is 0 Å². The molecule has 0 atom stereocenters. The van der Waals surface area contributed by atoms with Gasteiger partial charge in [-0.25, -0.2) is 0 Å². The predicted molar refractivity (Wildman–Crippen MR) is 72.8 cm³/mol. The third-order valence-corrected chi connectivity index (χ3v) is 3.67. The normalized spacial score (nSPS) is 11.1. The van der Waals surface area contributed by atoms with E-state index in [1.165, 1.54) is 18.2 Å². The fourth-order valence-electron chi connectivity index (χ4n) is 1.86. The second-order valence-electron chi connectivity index (χ2n) is 4.08. The average Bonchev–Trinajstić information content (AvgIpc) is 2.45. The highest BCUT2D eigenvalue weighted by Gasteiger charge is 2.30. The van der Waals surface area contributed by atoms with Crippen molar-refractivity contribution in [3.63, 3.8) is 0 Å². The summed E-state index contributed by atoms with van der Waals surface area (Å²) >= 11 is 0. The molecule has 1 N–H and O–H groups in total. The number of nitro benzene ring substituents is 1. The molecule has 0 heterocycles. The third kappa shape index (κ3) is 2.96. The van der Waals surface area contributed by atoms with Crippen LogP contribution in [0.25, 0.3) is 0 Å². The summed E-state index contributed by atoms with van der Waals surface area (Å²) in [6.45, 7) is 0. The van der Waals surface area contributed by atoms with E-state index in [0.29, 0.717) is 0 Å². The van der Waals surface area contributed by atoms with Gasteiger partial charge in [-0.05, 0) is 6.07 Å². The molecule has 2 aromatic carbocycles. The van der Waals surface area contributed by atoms with E-state index in [1.807, 2.05) is 0 Å². The van der Waals surface area contributed by atoms with Crippen LogP contribution in [0.5, 0.6) is 0 Å². The van der Waals surface area contributed by atoms with Gasteiger partial charge in [-0.3, -0.25) is 19.5 Å². The summed E-state index contributed by atoms with van der Waals surface area (Å²) in [6.07, 6.45) is 0. The van der Waals surface area contributed by atoms with E-state index in [1.54, 1.807) is 18.2 Å². The number of carbonyl (C=O) groups excluding carboxylic acids is 1. The maximum atomic E-state index is 12.3. The van der Waals surface area contributed by atoms with E-state index >= 15 is 0 Å². The maximum Gasteiger partial charge on any atom is 0.302 e. The van der Waals surface area contributed by atoms with Crippen LogP contribution in [0.4, 0.5) is 5.69 Å². The molecule has 7 nitrogen and oxygen atoms in total. The van der Waals surface area contributed by atoms with Crippen molar-refractivity contribution in [2.75, 3.05) is 0 Å². The lowest BCUT2D eigenvalue weighted by Crippen LogP contribution is -2.12. The first-order chi connectivity index (χ1) is 9.82. The number of carbonyl (C=O) groups is 1. The molecule has 0 amide bonds. The highest BCUT2D eigenvalue weighted by molar-refractivity contribution is 7.86. The molecule has 0 unspecified atom stereocenters. The van der Waals surface area contributed by atoms with Crippen LogP contribution in [0, 0.1) is 10.1 Å². The van der Waals surface area contributed by atoms with Crippen LogP contribution in [-0.2, 0) is 10.1 Å². The van der Waals surface area contributed by atoms with Gasteiger partial charge >= 0.3 is 10.1 Å². The predicted octanol–water partition coefficient (Wildman–Crippen LogP) is 2.07. The molecule has 0 spiro atoms. The molecule has 0 aliphatic heterocycles. The van der Waals surface area contributed by atoms with Crippen molar-refractivity contribution in [2.45, 2.75) is 4.90 Å². The quantitative estimate of drug-likeness (QED) is 0.400. The first-order valence-corrected chi connectivity index (χ1v) is 7.11. The van der Waals surface area contributed by atoms with Crippen molar-refractivity contribution in [3.05, 3.63) is 69.8 Å². The minimum Gasteiger partial charge on any atom is -0.289 e. The molecule has 0 radical (unpaired) electrons. The molecular formula is C13H9NO6S. The molecule has 2 aromatic rings. The molecule has 0 saturated carbocycles. The van der Waals surface area contributed by atoms with Crippen molar-refractivity contribution in [3.8, 4) is 0 Å². The third-order valence-electron chi connectivity index (χ3n) is 2.73. The minimum absolute atomic E-state index is 0.155. The van der Waals surface area contributed by atoms with Crippen LogP contribution < -0.4 is 0 Å². The Morgan fingerprint density at radius 2 is 1.67 bits per heavy atom. The highest BCUT2D eigenvalue weighted by Crippen LogP contribution is 2.28. The van der Waals surface area contributed by atoms with Gasteiger partial charge in [-0.15, -0.1) is 0 Å². The van der Waals surface area contributed by atoms with E-state index in [9.17, 15) is 27.9 Å². The Balaban J connectivity index is 2.73. The number of nitro groups is 1. The van der Waals surface area contributed by atoms with Gasteiger partial charge in [0.1, 0.15) is 0 Å². The molecule has 2 rings (SSSR count). The second kappa shape index (κ2) is 5.43. The molecule has 8 heteroatoms. The Kier molecular flexibility index (Phi) is 3.83. The van der Waals surface area contributed by atoms with E-state index in [4.69, 9.17) is 0 Å². The van der Waals surface area contributed by atoms with E-state index in [2.05, 4.69) is 0 Å². The molecule has 108 valence electrons. The van der Waals surface area contributed by atoms with Crippen molar-refractivity contribution in [1.82, 2.24) is 0 Å². The fourth-order valence-corrected chi connectivity index (χ4v) is 2.71. The number of rotatable bonds is 4. The van der Waals surface area contributed by atoms with Gasteiger partial charge in [0.05, 0.1) is 10.5 Å². The zero-order valence-electron chi connectivity index (χ0n) is 10.5. The topological polar surface area (TPSA) is 115 Å². The van der Waals surface area contributed by atoms with Crippen molar-refractivity contribution < 1.29 is 22.7 Å². The van der Waals surface area contributed by atoms with Gasteiger partial charge < -0.3 is 0 Å². The van der Waals surface area contributed by atoms with Crippen LogP contribution in [0.15, 0.2) is 53.4 Å². The lowest BCUT2D eigenvalue weighted by Gasteiger charge is -2.07. The zero-order chi connectivity index (χ0) is 15.6. The van der Waals surface area contributed by atoms with Crippen molar-refractivity contribution >= 4 is 21.6 Å². The van der Waals surface area contributed by atoms with Crippen molar-refractivity contribution in [1.29, 1.82) is 0 Å². The molecule has 0 aromatic heterocycles. The first-order valence-electron chi connectivity index (χ1n) is 5.67. The highest BCUT2D eigenvalue weighted by atomic mass is 32.2. The number of hydrogen-bond donors (Lipinski definition) is 1.